The van der Waals surface area contributed by atoms with E-state index in [-0.39, 0.29) is 24.4 Å². The predicted molar refractivity (Wildman–Crippen MR) is 65.7 cm³/mol. The lowest BCUT2D eigenvalue weighted by Gasteiger charge is -2.15. The van der Waals surface area contributed by atoms with Gasteiger partial charge in [0, 0.05) is 12.7 Å². The molecule has 1 atom stereocenters. The molecule has 0 aromatic heterocycles. The number of hydrogen-bond acceptors (Lipinski definition) is 3. The van der Waals surface area contributed by atoms with Crippen LogP contribution in [0.15, 0.2) is 24.3 Å². The van der Waals surface area contributed by atoms with Crippen LogP contribution >= 0.6 is 0 Å². The molecule has 0 radical (unpaired) electrons. The van der Waals surface area contributed by atoms with E-state index in [1.165, 1.54) is 6.07 Å². The van der Waals surface area contributed by atoms with Crippen LogP contribution in [0.5, 0.6) is 0 Å². The third-order valence-corrected chi connectivity index (χ3v) is 2.41. The molecule has 0 bridgehead atoms. The van der Waals surface area contributed by atoms with Crippen LogP contribution in [0.3, 0.4) is 0 Å². The van der Waals surface area contributed by atoms with E-state index in [0.29, 0.717) is 18.8 Å². The number of halogens is 1. The Morgan fingerprint density at radius 1 is 1.39 bits per heavy atom. The highest BCUT2D eigenvalue weighted by Crippen LogP contribution is 2.15. The highest BCUT2D eigenvalue weighted by atomic mass is 19.1. The first-order valence-electron chi connectivity index (χ1n) is 5.75. The molecule has 1 aromatic rings. The molecule has 1 N–H and O–H groups in total. The smallest absolute Gasteiger partial charge is 0.246 e. The second kappa shape index (κ2) is 7.79. The van der Waals surface area contributed by atoms with E-state index in [9.17, 15) is 9.18 Å². The van der Waals surface area contributed by atoms with Gasteiger partial charge in [-0.05, 0) is 13.0 Å². The van der Waals surface area contributed by atoms with Crippen LogP contribution in [0.2, 0.25) is 0 Å². The SMILES string of the molecule is COCCOCC(=O)N[C@H](C)c1ccccc1F. The zero-order chi connectivity index (χ0) is 13.4. The summed E-state index contributed by atoms with van der Waals surface area (Å²) in [5.41, 5.74) is 0.461. The summed E-state index contributed by atoms with van der Waals surface area (Å²) in [6, 6.07) is 5.97. The van der Waals surface area contributed by atoms with Gasteiger partial charge in [0.25, 0.3) is 0 Å². The minimum atomic E-state index is -0.385. The van der Waals surface area contributed by atoms with Crippen molar-refractivity contribution in [2.75, 3.05) is 26.9 Å². The molecule has 0 heterocycles. The standard InChI is InChI=1S/C13H18FNO3/c1-10(11-5-3-4-6-12(11)14)15-13(16)9-18-8-7-17-2/h3-6,10H,7-9H2,1-2H3,(H,15,16)/t10-/m1/s1. The average molecular weight is 255 g/mol. The number of methoxy groups -OCH3 is 1. The number of benzene rings is 1. The third-order valence-electron chi connectivity index (χ3n) is 2.41. The van der Waals surface area contributed by atoms with Gasteiger partial charge in [-0.15, -0.1) is 0 Å². The van der Waals surface area contributed by atoms with Gasteiger partial charge >= 0.3 is 0 Å². The molecule has 0 saturated heterocycles. The van der Waals surface area contributed by atoms with Gasteiger partial charge in [0.05, 0.1) is 19.3 Å². The largest absolute Gasteiger partial charge is 0.382 e. The Bertz CT molecular complexity index is 384. The predicted octanol–water partition coefficient (Wildman–Crippen LogP) is 1.67. The number of amides is 1. The van der Waals surface area contributed by atoms with Crippen molar-refractivity contribution in [1.29, 1.82) is 0 Å². The van der Waals surface area contributed by atoms with Gasteiger partial charge in [0.2, 0.25) is 5.91 Å². The van der Waals surface area contributed by atoms with Crippen molar-refractivity contribution < 1.29 is 18.7 Å². The highest BCUT2D eigenvalue weighted by molar-refractivity contribution is 5.77. The van der Waals surface area contributed by atoms with Crippen LogP contribution in [-0.4, -0.2) is 32.8 Å². The Hall–Kier alpha value is -1.46. The lowest BCUT2D eigenvalue weighted by atomic mass is 10.1. The van der Waals surface area contributed by atoms with Crippen molar-refractivity contribution in [3.63, 3.8) is 0 Å². The van der Waals surface area contributed by atoms with Crippen molar-refractivity contribution >= 4 is 5.91 Å². The summed E-state index contributed by atoms with van der Waals surface area (Å²) < 4.78 is 23.3. The molecule has 4 nitrogen and oxygen atoms in total. The van der Waals surface area contributed by atoms with Crippen LogP contribution in [0, 0.1) is 5.82 Å². The van der Waals surface area contributed by atoms with E-state index >= 15 is 0 Å². The van der Waals surface area contributed by atoms with Crippen LogP contribution in [0.1, 0.15) is 18.5 Å². The second-order valence-corrected chi connectivity index (χ2v) is 3.86. The maximum Gasteiger partial charge on any atom is 0.246 e. The molecule has 0 aliphatic carbocycles. The molecule has 18 heavy (non-hydrogen) atoms. The Balaban J connectivity index is 2.38. The highest BCUT2D eigenvalue weighted by Gasteiger charge is 2.12. The fourth-order valence-electron chi connectivity index (χ4n) is 1.49. The fourth-order valence-corrected chi connectivity index (χ4v) is 1.49. The topological polar surface area (TPSA) is 47.6 Å². The van der Waals surface area contributed by atoms with Crippen molar-refractivity contribution in [2.24, 2.45) is 0 Å². The normalized spacial score (nSPS) is 12.2. The number of ether oxygens (including phenoxy) is 2. The van der Waals surface area contributed by atoms with E-state index in [0.717, 1.165) is 0 Å². The van der Waals surface area contributed by atoms with E-state index in [4.69, 9.17) is 9.47 Å². The van der Waals surface area contributed by atoms with Gasteiger partial charge in [-0.2, -0.15) is 0 Å². The zero-order valence-corrected chi connectivity index (χ0v) is 10.6. The summed E-state index contributed by atoms with van der Waals surface area (Å²) >= 11 is 0. The van der Waals surface area contributed by atoms with Crippen molar-refractivity contribution in [3.05, 3.63) is 35.6 Å². The van der Waals surface area contributed by atoms with Crippen molar-refractivity contribution in [3.8, 4) is 0 Å². The lowest BCUT2D eigenvalue weighted by Crippen LogP contribution is -2.31. The van der Waals surface area contributed by atoms with Gasteiger partial charge < -0.3 is 14.8 Å². The molecule has 0 unspecified atom stereocenters. The van der Waals surface area contributed by atoms with Crippen LogP contribution in [-0.2, 0) is 14.3 Å². The van der Waals surface area contributed by atoms with E-state index < -0.39 is 0 Å². The minimum Gasteiger partial charge on any atom is -0.382 e. The lowest BCUT2D eigenvalue weighted by molar-refractivity contribution is -0.126. The maximum atomic E-state index is 13.4. The summed E-state index contributed by atoms with van der Waals surface area (Å²) in [7, 11) is 1.56. The first-order valence-corrected chi connectivity index (χ1v) is 5.75. The van der Waals surface area contributed by atoms with Gasteiger partial charge in [-0.25, -0.2) is 4.39 Å². The Labute approximate surface area is 106 Å². The molecule has 0 saturated carbocycles. The fraction of sp³-hybridized carbons (Fsp3) is 0.462. The average Bonchev–Trinajstić information content (AvgIpc) is 2.35. The number of rotatable bonds is 7. The van der Waals surface area contributed by atoms with Crippen LogP contribution in [0.4, 0.5) is 4.39 Å². The molecule has 1 rings (SSSR count). The molecular formula is C13H18FNO3. The third kappa shape index (κ3) is 4.81. The monoisotopic (exact) mass is 255 g/mol. The number of carbonyl (C=O) groups excluding carboxylic acids is 1. The van der Waals surface area contributed by atoms with E-state index in [2.05, 4.69) is 5.32 Å². The van der Waals surface area contributed by atoms with Gasteiger partial charge in [-0.3, -0.25) is 4.79 Å². The number of nitrogens with one attached hydrogen (secondary N) is 1. The second-order valence-electron chi connectivity index (χ2n) is 3.86. The molecule has 1 amide bonds. The quantitative estimate of drug-likeness (QED) is 0.754. The van der Waals surface area contributed by atoms with Crippen LogP contribution < -0.4 is 5.32 Å². The van der Waals surface area contributed by atoms with Crippen LogP contribution in [0.25, 0.3) is 0 Å². The minimum absolute atomic E-state index is 0.0534. The molecule has 100 valence electrons. The van der Waals surface area contributed by atoms with Gasteiger partial charge in [0.15, 0.2) is 0 Å². The molecular weight excluding hydrogens is 237 g/mol. The summed E-state index contributed by atoms with van der Waals surface area (Å²) in [5, 5.41) is 2.67. The number of carbonyl (C=O) groups is 1. The number of hydrogen-bond donors (Lipinski definition) is 1. The first kappa shape index (κ1) is 14.6. The molecule has 5 heteroatoms. The Kier molecular flexibility index (Phi) is 6.32. The molecule has 1 aromatic carbocycles. The Morgan fingerprint density at radius 3 is 2.78 bits per heavy atom. The van der Waals surface area contributed by atoms with Crippen molar-refractivity contribution in [1.82, 2.24) is 5.32 Å². The molecule has 0 spiro atoms. The zero-order valence-electron chi connectivity index (χ0n) is 10.6. The Morgan fingerprint density at radius 2 is 2.11 bits per heavy atom. The van der Waals surface area contributed by atoms with E-state index in [1.54, 1.807) is 32.2 Å². The molecule has 0 fully saturated rings. The summed E-state index contributed by atoms with van der Waals surface area (Å²) in [6.45, 7) is 2.47. The molecule has 0 aliphatic rings. The maximum absolute atomic E-state index is 13.4. The summed E-state index contributed by atoms with van der Waals surface area (Å²) in [6.07, 6.45) is 0. The van der Waals surface area contributed by atoms with Crippen molar-refractivity contribution in [2.45, 2.75) is 13.0 Å². The first-order chi connectivity index (χ1) is 8.65. The summed E-state index contributed by atoms with van der Waals surface area (Å²) in [4.78, 5) is 11.5. The van der Waals surface area contributed by atoms with E-state index in [1.807, 2.05) is 0 Å². The van der Waals surface area contributed by atoms with Gasteiger partial charge in [0.1, 0.15) is 12.4 Å². The van der Waals surface area contributed by atoms with Gasteiger partial charge in [-0.1, -0.05) is 18.2 Å². The molecule has 0 aliphatic heterocycles. The summed E-state index contributed by atoms with van der Waals surface area (Å²) in [5.74, 6) is -0.604.